The van der Waals surface area contributed by atoms with Gasteiger partial charge in [-0.15, -0.1) is 0 Å². The van der Waals surface area contributed by atoms with Crippen molar-refractivity contribution >= 4 is 17.4 Å². The summed E-state index contributed by atoms with van der Waals surface area (Å²) in [4.78, 5) is 26.2. The van der Waals surface area contributed by atoms with Crippen LogP contribution in [-0.2, 0) is 0 Å². The Morgan fingerprint density at radius 3 is 2.85 bits per heavy atom. The molecule has 5 rings (SSSR count). The molecule has 0 radical (unpaired) electrons. The maximum atomic E-state index is 13.3. The lowest BCUT2D eigenvalue weighted by Crippen LogP contribution is -2.39. The van der Waals surface area contributed by atoms with Crippen molar-refractivity contribution in [2.45, 2.75) is 45.3 Å². The Morgan fingerprint density at radius 1 is 1.24 bits per heavy atom. The number of carbonyl (C=O) groups is 1. The van der Waals surface area contributed by atoms with Gasteiger partial charge in [0.05, 0.1) is 29.8 Å². The lowest BCUT2D eigenvalue weighted by atomic mass is 9.98. The highest BCUT2D eigenvalue weighted by Crippen LogP contribution is 2.33. The van der Waals surface area contributed by atoms with Gasteiger partial charge in [-0.3, -0.25) is 9.78 Å². The van der Waals surface area contributed by atoms with Crippen molar-refractivity contribution in [2.75, 3.05) is 24.5 Å². The summed E-state index contributed by atoms with van der Waals surface area (Å²) in [5.41, 5.74) is 3.89. The van der Waals surface area contributed by atoms with E-state index in [2.05, 4.69) is 11.1 Å². The molecule has 1 unspecified atom stereocenters. The van der Waals surface area contributed by atoms with Gasteiger partial charge in [0.1, 0.15) is 11.5 Å². The van der Waals surface area contributed by atoms with Gasteiger partial charge in [0.15, 0.2) is 5.65 Å². The molecular formula is C24H27N7O2. The second-order valence-corrected chi connectivity index (χ2v) is 9.06. The molecule has 9 heteroatoms. The average molecular weight is 446 g/mol. The molecule has 0 aromatic carbocycles. The second kappa shape index (κ2) is 8.45. The molecule has 3 aromatic rings. The summed E-state index contributed by atoms with van der Waals surface area (Å²) in [6.45, 7) is 5.42. The molecule has 1 amide bonds. The maximum Gasteiger partial charge on any atom is 0.273 e. The minimum atomic E-state index is -0.676. The number of fused-ring (bicyclic) bond motifs is 1. The number of aryl methyl sites for hydroxylation is 2. The van der Waals surface area contributed by atoms with Crippen molar-refractivity contribution in [1.82, 2.24) is 24.5 Å². The van der Waals surface area contributed by atoms with Crippen LogP contribution in [0.4, 0.5) is 5.82 Å². The number of amides is 1. The van der Waals surface area contributed by atoms with E-state index in [1.165, 1.54) is 0 Å². The van der Waals surface area contributed by atoms with Crippen molar-refractivity contribution in [2.24, 2.45) is 5.92 Å². The van der Waals surface area contributed by atoms with Crippen LogP contribution >= 0.6 is 0 Å². The van der Waals surface area contributed by atoms with Crippen molar-refractivity contribution in [1.29, 1.82) is 5.26 Å². The number of nitrogens with zero attached hydrogens (tertiary/aromatic N) is 7. The van der Waals surface area contributed by atoms with Crippen molar-refractivity contribution in [3.05, 3.63) is 53.1 Å². The largest absolute Gasteiger partial charge is 0.390 e. The number of nitriles is 1. The number of pyridine rings is 1. The van der Waals surface area contributed by atoms with Crippen LogP contribution in [0.15, 0.2) is 30.6 Å². The van der Waals surface area contributed by atoms with E-state index in [9.17, 15) is 15.2 Å². The Labute approximate surface area is 192 Å². The van der Waals surface area contributed by atoms with E-state index in [1.54, 1.807) is 10.7 Å². The normalized spacial score (nSPS) is 23.2. The molecule has 0 aliphatic carbocycles. The molecule has 170 valence electrons. The quantitative estimate of drug-likeness (QED) is 0.659. The Morgan fingerprint density at radius 2 is 2.09 bits per heavy atom. The first-order valence-electron chi connectivity index (χ1n) is 11.4. The third kappa shape index (κ3) is 3.91. The summed E-state index contributed by atoms with van der Waals surface area (Å²) in [5.74, 6) is 0.269. The molecule has 3 atom stereocenters. The Balaban J connectivity index is 1.46. The highest BCUT2D eigenvalue weighted by Gasteiger charge is 2.34. The Bertz CT molecular complexity index is 1250. The predicted octanol–water partition coefficient (Wildman–Crippen LogP) is 2.43. The van der Waals surface area contributed by atoms with Crippen molar-refractivity contribution in [3.63, 3.8) is 0 Å². The third-order valence-corrected chi connectivity index (χ3v) is 6.62. The first kappa shape index (κ1) is 21.3. The van der Waals surface area contributed by atoms with E-state index >= 15 is 0 Å². The van der Waals surface area contributed by atoms with Gasteiger partial charge in [0, 0.05) is 43.7 Å². The first-order chi connectivity index (χ1) is 15.9. The minimum Gasteiger partial charge on any atom is -0.390 e. The van der Waals surface area contributed by atoms with Gasteiger partial charge in [-0.25, -0.2) is 9.50 Å². The zero-order chi connectivity index (χ0) is 23.1. The number of aromatic nitrogens is 4. The second-order valence-electron chi connectivity index (χ2n) is 9.06. The number of β-amino-alcohol motifs (C(OH)–C–C–N with tert-alkyl or cyclic N) is 1. The van der Waals surface area contributed by atoms with Gasteiger partial charge in [0.25, 0.3) is 5.91 Å². The van der Waals surface area contributed by atoms with Crippen LogP contribution in [-0.4, -0.2) is 61.2 Å². The van der Waals surface area contributed by atoms with Gasteiger partial charge < -0.3 is 14.9 Å². The molecule has 0 saturated carbocycles. The summed E-state index contributed by atoms with van der Waals surface area (Å²) >= 11 is 0. The summed E-state index contributed by atoms with van der Waals surface area (Å²) < 4.78 is 1.75. The van der Waals surface area contributed by atoms with Crippen molar-refractivity contribution in [3.8, 4) is 6.07 Å². The molecule has 2 aliphatic heterocycles. The average Bonchev–Trinajstić information content (AvgIpc) is 3.40. The van der Waals surface area contributed by atoms with E-state index in [4.69, 9.17) is 10.1 Å². The lowest BCUT2D eigenvalue weighted by molar-refractivity contribution is 0.0599. The Hall–Kier alpha value is -3.51. The number of aliphatic hydroxyl groups is 1. The van der Waals surface area contributed by atoms with Crippen LogP contribution in [0.5, 0.6) is 0 Å². The van der Waals surface area contributed by atoms with Gasteiger partial charge in [-0.1, -0.05) is 0 Å². The molecule has 9 nitrogen and oxygen atoms in total. The standard InChI is InChI=1S/C24H27N7O2/c1-15-6-7-26-19(9-15)24(33)30-8-4-3-5-20(30)18-10-22-27-23(16(2)12-31(22)28-18)29-13-17(11-25)21(32)14-29/h6-7,9-10,12,17,20-21,32H,3-5,8,13-14H2,1-2H3/t17?,20-,21-/m0/s1. The van der Waals surface area contributed by atoms with Gasteiger partial charge in [-0.2, -0.15) is 10.4 Å². The lowest BCUT2D eigenvalue weighted by Gasteiger charge is -2.34. The fourth-order valence-electron chi connectivity index (χ4n) is 4.87. The van der Waals surface area contributed by atoms with E-state index < -0.39 is 12.0 Å². The van der Waals surface area contributed by atoms with E-state index in [-0.39, 0.29) is 11.9 Å². The molecule has 3 aromatic heterocycles. The number of carbonyl (C=O) groups excluding carboxylic acids is 1. The molecular weight excluding hydrogens is 418 g/mol. The van der Waals surface area contributed by atoms with Crippen LogP contribution in [0.1, 0.15) is 52.6 Å². The van der Waals surface area contributed by atoms with Gasteiger partial charge in [-0.05, 0) is 50.8 Å². The molecule has 5 heterocycles. The molecule has 0 spiro atoms. The molecule has 0 bridgehead atoms. The maximum absolute atomic E-state index is 13.3. The molecule has 2 saturated heterocycles. The van der Waals surface area contributed by atoms with E-state index in [0.717, 1.165) is 41.9 Å². The molecule has 33 heavy (non-hydrogen) atoms. The number of hydrogen-bond donors (Lipinski definition) is 1. The summed E-state index contributed by atoms with van der Waals surface area (Å²) in [5, 5.41) is 24.2. The molecule has 2 aliphatic rings. The van der Waals surface area contributed by atoms with Gasteiger partial charge >= 0.3 is 0 Å². The Kier molecular flexibility index (Phi) is 5.46. The van der Waals surface area contributed by atoms with Crippen molar-refractivity contribution < 1.29 is 9.90 Å². The summed E-state index contributed by atoms with van der Waals surface area (Å²) in [7, 11) is 0. The van der Waals surface area contributed by atoms with Crippen LogP contribution in [0.3, 0.4) is 0 Å². The fourth-order valence-corrected chi connectivity index (χ4v) is 4.87. The minimum absolute atomic E-state index is 0.0705. The number of likely N-dealkylation sites (tertiary alicyclic amines) is 1. The van der Waals surface area contributed by atoms with Gasteiger partial charge in [0.2, 0.25) is 0 Å². The van der Waals surface area contributed by atoms with Crippen LogP contribution in [0.25, 0.3) is 5.65 Å². The van der Waals surface area contributed by atoms with Crippen LogP contribution < -0.4 is 4.90 Å². The number of hydrogen-bond acceptors (Lipinski definition) is 7. The third-order valence-electron chi connectivity index (χ3n) is 6.62. The number of piperidine rings is 1. The topological polar surface area (TPSA) is 111 Å². The van der Waals surface area contributed by atoms with Crippen LogP contribution in [0.2, 0.25) is 0 Å². The smallest absolute Gasteiger partial charge is 0.273 e. The summed E-state index contributed by atoms with van der Waals surface area (Å²) in [6, 6.07) is 7.69. The number of rotatable bonds is 3. The number of anilines is 1. The van der Waals surface area contributed by atoms with E-state index in [0.29, 0.717) is 31.0 Å². The first-order valence-corrected chi connectivity index (χ1v) is 11.4. The SMILES string of the molecule is Cc1ccnc(C(=O)N2CCCC[C@H]2c2cc3nc(N4CC(C#N)[C@@H](O)C4)c(C)cn3n2)c1. The zero-order valence-corrected chi connectivity index (χ0v) is 18.8. The molecule has 2 fully saturated rings. The number of aliphatic hydroxyl groups excluding tert-OH is 1. The zero-order valence-electron chi connectivity index (χ0n) is 18.8. The molecule has 1 N–H and O–H groups in total. The predicted molar refractivity (Wildman–Crippen MR) is 122 cm³/mol. The highest BCUT2D eigenvalue weighted by molar-refractivity contribution is 5.92. The highest BCUT2D eigenvalue weighted by atomic mass is 16.3. The summed E-state index contributed by atoms with van der Waals surface area (Å²) in [6.07, 6.45) is 5.75. The van der Waals surface area contributed by atoms with Crippen LogP contribution in [0, 0.1) is 31.1 Å². The fraction of sp³-hybridized carbons (Fsp3) is 0.458. The monoisotopic (exact) mass is 445 g/mol. The van der Waals surface area contributed by atoms with E-state index in [1.807, 2.05) is 48.0 Å².